The van der Waals surface area contributed by atoms with Crippen LogP contribution in [0.4, 0.5) is 5.69 Å². The number of hydrogen-bond donors (Lipinski definition) is 1. The van der Waals surface area contributed by atoms with E-state index >= 15 is 0 Å². The first-order valence-electron chi connectivity index (χ1n) is 8.50. The van der Waals surface area contributed by atoms with Crippen molar-refractivity contribution in [1.29, 1.82) is 0 Å². The van der Waals surface area contributed by atoms with Crippen molar-refractivity contribution < 1.29 is 9.72 Å². The van der Waals surface area contributed by atoms with Gasteiger partial charge in [0.15, 0.2) is 0 Å². The number of carbonyl (C=O) groups is 1. The van der Waals surface area contributed by atoms with Crippen LogP contribution in [0.15, 0.2) is 54.6 Å². The van der Waals surface area contributed by atoms with Crippen molar-refractivity contribution in [2.24, 2.45) is 0 Å². The summed E-state index contributed by atoms with van der Waals surface area (Å²) in [6, 6.07) is 14.2. The number of nitrogens with one attached hydrogen (secondary N) is 1. The van der Waals surface area contributed by atoms with E-state index in [1.54, 1.807) is 18.2 Å². The molecule has 1 N–H and O–H groups in total. The van der Waals surface area contributed by atoms with Crippen LogP contribution < -0.4 is 5.32 Å². The van der Waals surface area contributed by atoms with Gasteiger partial charge in [-0.3, -0.25) is 14.9 Å². The summed E-state index contributed by atoms with van der Waals surface area (Å²) in [5, 5.41) is 13.7. The Morgan fingerprint density at radius 1 is 1.15 bits per heavy atom. The lowest BCUT2D eigenvalue weighted by Crippen LogP contribution is -2.24. The molecule has 0 aromatic heterocycles. The van der Waals surface area contributed by atoms with Crippen molar-refractivity contribution in [3.63, 3.8) is 0 Å². The first-order valence-corrected chi connectivity index (χ1v) is 8.50. The molecule has 0 saturated carbocycles. The number of nitro benzene ring substituents is 1. The van der Waals surface area contributed by atoms with Gasteiger partial charge in [0, 0.05) is 18.2 Å². The van der Waals surface area contributed by atoms with Gasteiger partial charge in [-0.25, -0.2) is 0 Å². The van der Waals surface area contributed by atoms with Crippen LogP contribution in [-0.2, 0) is 10.2 Å². The monoisotopic (exact) mass is 352 g/mol. The average molecular weight is 352 g/mol. The predicted octanol–water partition coefficient (Wildman–Crippen LogP) is 4.78. The minimum absolute atomic E-state index is 0.000126. The van der Waals surface area contributed by atoms with Gasteiger partial charge in [-0.1, -0.05) is 57.2 Å². The molecule has 2 aromatic carbocycles. The van der Waals surface area contributed by atoms with E-state index in [0.717, 1.165) is 5.56 Å². The zero-order valence-electron chi connectivity index (χ0n) is 15.5. The molecule has 0 unspecified atom stereocenters. The van der Waals surface area contributed by atoms with Gasteiger partial charge in [0.25, 0.3) is 5.69 Å². The van der Waals surface area contributed by atoms with Crippen molar-refractivity contribution in [2.45, 2.75) is 39.2 Å². The molecule has 5 heteroatoms. The van der Waals surface area contributed by atoms with Crippen LogP contribution in [0.1, 0.15) is 50.4 Å². The first kappa shape index (κ1) is 19.4. The van der Waals surface area contributed by atoms with E-state index in [2.05, 4.69) is 38.2 Å². The van der Waals surface area contributed by atoms with E-state index in [0.29, 0.717) is 5.56 Å². The first-order chi connectivity index (χ1) is 12.2. The van der Waals surface area contributed by atoms with Crippen molar-refractivity contribution in [3.8, 4) is 0 Å². The van der Waals surface area contributed by atoms with E-state index in [1.165, 1.54) is 23.8 Å². The number of nitro groups is 1. The van der Waals surface area contributed by atoms with Crippen molar-refractivity contribution in [2.75, 3.05) is 0 Å². The normalized spacial score (nSPS) is 12.8. The number of rotatable bonds is 5. The molecule has 2 rings (SSSR count). The maximum Gasteiger partial charge on any atom is 0.270 e. The molecule has 0 aliphatic heterocycles. The summed E-state index contributed by atoms with van der Waals surface area (Å²) in [7, 11) is 0. The molecular formula is C21H24N2O3. The third kappa shape index (κ3) is 5.28. The summed E-state index contributed by atoms with van der Waals surface area (Å²) >= 11 is 0. The Morgan fingerprint density at radius 3 is 2.38 bits per heavy atom. The molecule has 1 atom stereocenters. The largest absolute Gasteiger partial charge is 0.346 e. The van der Waals surface area contributed by atoms with E-state index in [4.69, 9.17) is 0 Å². The second-order valence-corrected chi connectivity index (χ2v) is 7.29. The Bertz CT molecular complexity index is 818. The molecule has 0 radical (unpaired) electrons. The number of non-ortho nitro benzene ring substituents is 1. The molecule has 1 amide bonds. The van der Waals surface area contributed by atoms with Crippen molar-refractivity contribution in [1.82, 2.24) is 5.32 Å². The molecule has 26 heavy (non-hydrogen) atoms. The van der Waals surface area contributed by atoms with Gasteiger partial charge >= 0.3 is 0 Å². The summed E-state index contributed by atoms with van der Waals surface area (Å²) < 4.78 is 0. The highest BCUT2D eigenvalue weighted by atomic mass is 16.6. The third-order valence-corrected chi connectivity index (χ3v) is 4.14. The number of nitrogens with zero attached hydrogens (tertiary/aromatic N) is 1. The Kier molecular flexibility index (Phi) is 5.93. The van der Waals surface area contributed by atoms with Gasteiger partial charge in [0.2, 0.25) is 5.91 Å². The highest BCUT2D eigenvalue weighted by Gasteiger charge is 2.14. The maximum absolute atomic E-state index is 12.1. The predicted molar refractivity (Wildman–Crippen MR) is 104 cm³/mol. The minimum Gasteiger partial charge on any atom is -0.346 e. The number of carbonyl (C=O) groups excluding carboxylic acids is 1. The molecule has 0 spiro atoms. The molecule has 0 heterocycles. The lowest BCUT2D eigenvalue weighted by atomic mass is 9.86. The summed E-state index contributed by atoms with van der Waals surface area (Å²) in [5.74, 6) is -0.246. The van der Waals surface area contributed by atoms with Gasteiger partial charge in [0.05, 0.1) is 11.0 Å². The maximum atomic E-state index is 12.1. The fourth-order valence-electron chi connectivity index (χ4n) is 2.53. The zero-order chi connectivity index (χ0) is 19.3. The molecule has 0 aliphatic carbocycles. The summed E-state index contributed by atoms with van der Waals surface area (Å²) in [6.45, 7) is 8.40. The Morgan fingerprint density at radius 2 is 1.81 bits per heavy atom. The Balaban J connectivity index is 2.00. The van der Waals surface area contributed by atoms with Crippen molar-refractivity contribution in [3.05, 3.63) is 81.4 Å². The number of amides is 1. The fourth-order valence-corrected chi connectivity index (χ4v) is 2.53. The Labute approximate surface area is 153 Å². The highest BCUT2D eigenvalue weighted by molar-refractivity contribution is 5.92. The average Bonchev–Trinajstić information content (AvgIpc) is 2.59. The Hall–Kier alpha value is -2.95. The smallest absolute Gasteiger partial charge is 0.270 e. The fraction of sp³-hybridized carbons (Fsp3) is 0.286. The van der Waals surface area contributed by atoms with Crippen LogP contribution in [0.3, 0.4) is 0 Å². The standard InChI is InChI=1S/C21H24N2O3/c1-15(17-9-11-18(12-10-17)21(2,3)4)22-20(24)13-8-16-6-5-7-19(14-16)23(25)26/h5-15H,1-4H3,(H,22,24)/b13-8+/t15-/m1/s1. The van der Waals surface area contributed by atoms with Crippen LogP contribution >= 0.6 is 0 Å². The molecule has 136 valence electrons. The van der Waals surface area contributed by atoms with Gasteiger partial charge in [-0.05, 0) is 35.1 Å². The van der Waals surface area contributed by atoms with Gasteiger partial charge in [-0.2, -0.15) is 0 Å². The van der Waals surface area contributed by atoms with E-state index in [-0.39, 0.29) is 23.1 Å². The SMILES string of the molecule is C[C@@H](NC(=O)/C=C/c1cccc([N+](=O)[O-])c1)c1ccc(C(C)(C)C)cc1. The summed E-state index contributed by atoms with van der Waals surface area (Å²) in [5.41, 5.74) is 2.96. The molecule has 5 nitrogen and oxygen atoms in total. The van der Waals surface area contributed by atoms with E-state index < -0.39 is 4.92 Å². The van der Waals surface area contributed by atoms with Gasteiger partial charge < -0.3 is 5.32 Å². The van der Waals surface area contributed by atoms with Crippen LogP contribution in [0, 0.1) is 10.1 Å². The minimum atomic E-state index is -0.458. The molecule has 0 bridgehead atoms. The van der Waals surface area contributed by atoms with Crippen LogP contribution in [0.2, 0.25) is 0 Å². The highest BCUT2D eigenvalue weighted by Crippen LogP contribution is 2.24. The topological polar surface area (TPSA) is 72.2 Å². The third-order valence-electron chi connectivity index (χ3n) is 4.14. The van der Waals surface area contributed by atoms with Crippen LogP contribution in [0.5, 0.6) is 0 Å². The van der Waals surface area contributed by atoms with Crippen LogP contribution in [0.25, 0.3) is 6.08 Å². The van der Waals surface area contributed by atoms with Gasteiger partial charge in [0.1, 0.15) is 0 Å². The lowest BCUT2D eigenvalue weighted by molar-refractivity contribution is -0.384. The van der Waals surface area contributed by atoms with E-state index in [1.807, 2.05) is 19.1 Å². The summed E-state index contributed by atoms with van der Waals surface area (Å²) in [6.07, 6.45) is 2.96. The van der Waals surface area contributed by atoms with Crippen LogP contribution in [-0.4, -0.2) is 10.8 Å². The molecule has 0 saturated heterocycles. The quantitative estimate of drug-likeness (QED) is 0.478. The molecule has 0 fully saturated rings. The zero-order valence-corrected chi connectivity index (χ0v) is 15.5. The second-order valence-electron chi connectivity index (χ2n) is 7.29. The molecular weight excluding hydrogens is 328 g/mol. The number of benzene rings is 2. The van der Waals surface area contributed by atoms with Gasteiger partial charge in [-0.15, -0.1) is 0 Å². The second kappa shape index (κ2) is 7.95. The van der Waals surface area contributed by atoms with Crippen molar-refractivity contribution >= 4 is 17.7 Å². The van der Waals surface area contributed by atoms with E-state index in [9.17, 15) is 14.9 Å². The molecule has 2 aromatic rings. The number of hydrogen-bond acceptors (Lipinski definition) is 3. The lowest BCUT2D eigenvalue weighted by Gasteiger charge is -2.20. The summed E-state index contributed by atoms with van der Waals surface area (Å²) in [4.78, 5) is 22.4. The molecule has 0 aliphatic rings.